The van der Waals surface area contributed by atoms with E-state index in [9.17, 15) is 9.90 Å². The first-order valence-corrected chi connectivity index (χ1v) is 7.80. The van der Waals surface area contributed by atoms with E-state index in [0.29, 0.717) is 10.6 Å². The van der Waals surface area contributed by atoms with Crippen molar-refractivity contribution in [1.82, 2.24) is 10.3 Å². The lowest BCUT2D eigenvalue weighted by Crippen LogP contribution is -2.43. The molecule has 0 fully saturated rings. The molecule has 2 aromatic heterocycles. The lowest BCUT2D eigenvalue weighted by Gasteiger charge is -2.20. The van der Waals surface area contributed by atoms with E-state index in [2.05, 4.69) is 10.3 Å². The Hall–Kier alpha value is -1.28. The average Bonchev–Trinajstić information content (AvgIpc) is 3.05. The highest BCUT2D eigenvalue weighted by Gasteiger charge is 2.22. The van der Waals surface area contributed by atoms with Crippen molar-refractivity contribution in [2.24, 2.45) is 0 Å². The molecular formula is C13H16N2O3S2. The number of hydrogen-bond acceptors (Lipinski definition) is 6. The van der Waals surface area contributed by atoms with Gasteiger partial charge in [0.2, 0.25) is 0 Å². The summed E-state index contributed by atoms with van der Waals surface area (Å²) in [5, 5.41) is 26.0. The van der Waals surface area contributed by atoms with Crippen LogP contribution in [0.1, 0.15) is 22.3 Å². The fourth-order valence-corrected chi connectivity index (χ4v) is 3.22. The molecule has 0 saturated carbocycles. The highest BCUT2D eigenvalue weighted by atomic mass is 32.1. The van der Waals surface area contributed by atoms with Gasteiger partial charge < -0.3 is 15.5 Å². The fraction of sp³-hybridized carbons (Fsp3) is 0.385. The lowest BCUT2D eigenvalue weighted by molar-refractivity contribution is 0.00322. The Bertz CT molecular complexity index is 591. The molecule has 0 aromatic carbocycles. The number of aliphatic hydroxyl groups is 2. The molecule has 3 N–H and O–H groups in total. The summed E-state index contributed by atoms with van der Waals surface area (Å²) in [7, 11) is 0. The van der Waals surface area contributed by atoms with E-state index in [1.54, 1.807) is 18.3 Å². The van der Waals surface area contributed by atoms with Gasteiger partial charge in [-0.25, -0.2) is 4.98 Å². The van der Waals surface area contributed by atoms with Crippen molar-refractivity contribution >= 4 is 28.6 Å². The zero-order valence-electron chi connectivity index (χ0n) is 11.2. The van der Waals surface area contributed by atoms with E-state index in [1.807, 2.05) is 16.8 Å². The first kappa shape index (κ1) is 15.1. The van der Waals surface area contributed by atoms with E-state index in [-0.39, 0.29) is 12.5 Å². The number of nitrogens with one attached hydrogen (secondary N) is 1. The average molecular weight is 312 g/mol. The van der Waals surface area contributed by atoms with Gasteiger partial charge in [-0.2, -0.15) is 11.3 Å². The summed E-state index contributed by atoms with van der Waals surface area (Å²) in [5.41, 5.74) is 0.353. The van der Waals surface area contributed by atoms with Gasteiger partial charge >= 0.3 is 0 Å². The fourth-order valence-electron chi connectivity index (χ4n) is 1.52. The van der Waals surface area contributed by atoms with Crippen LogP contribution in [0.15, 0.2) is 16.8 Å². The Morgan fingerprint density at radius 2 is 2.30 bits per heavy atom. The molecule has 0 aliphatic heterocycles. The van der Waals surface area contributed by atoms with E-state index in [4.69, 9.17) is 5.11 Å². The van der Waals surface area contributed by atoms with E-state index in [0.717, 1.165) is 10.6 Å². The van der Waals surface area contributed by atoms with Crippen LogP contribution in [0.25, 0.3) is 10.6 Å². The third-order valence-electron chi connectivity index (χ3n) is 2.74. The lowest BCUT2D eigenvalue weighted by atomic mass is 10.1. The highest BCUT2D eigenvalue weighted by molar-refractivity contribution is 7.17. The Morgan fingerprint density at radius 1 is 1.55 bits per heavy atom. The molecule has 2 rings (SSSR count). The van der Waals surface area contributed by atoms with Crippen molar-refractivity contribution in [3.8, 4) is 10.6 Å². The Balaban J connectivity index is 2.11. The Morgan fingerprint density at radius 3 is 2.90 bits per heavy atom. The van der Waals surface area contributed by atoms with Crippen LogP contribution in [0.4, 0.5) is 0 Å². The number of aryl methyl sites for hydroxylation is 1. The molecule has 0 radical (unpaired) electrons. The monoisotopic (exact) mass is 312 g/mol. The second-order valence-electron chi connectivity index (χ2n) is 4.78. The Kier molecular flexibility index (Phi) is 4.54. The SMILES string of the molecule is Cc1nc(-c2ccsc2)sc1C(=O)NCC(C)(O)CO. The van der Waals surface area contributed by atoms with Gasteiger partial charge in [0.05, 0.1) is 12.3 Å². The van der Waals surface area contributed by atoms with Crippen LogP contribution in [-0.2, 0) is 0 Å². The first-order chi connectivity index (χ1) is 9.43. The second kappa shape index (κ2) is 6.01. The minimum Gasteiger partial charge on any atom is -0.393 e. The topological polar surface area (TPSA) is 82.5 Å². The summed E-state index contributed by atoms with van der Waals surface area (Å²) in [6.07, 6.45) is 0. The van der Waals surface area contributed by atoms with Crippen molar-refractivity contribution in [2.75, 3.05) is 13.2 Å². The largest absolute Gasteiger partial charge is 0.393 e. The Labute approximate surface area is 124 Å². The third-order valence-corrected chi connectivity index (χ3v) is 4.63. The summed E-state index contributed by atoms with van der Waals surface area (Å²) < 4.78 is 0. The van der Waals surface area contributed by atoms with E-state index < -0.39 is 12.2 Å². The molecule has 108 valence electrons. The first-order valence-electron chi connectivity index (χ1n) is 6.04. The van der Waals surface area contributed by atoms with Crippen LogP contribution < -0.4 is 5.32 Å². The van der Waals surface area contributed by atoms with Gasteiger partial charge in [0.25, 0.3) is 5.91 Å². The number of aliphatic hydroxyl groups excluding tert-OH is 1. The zero-order valence-corrected chi connectivity index (χ0v) is 12.8. The normalized spacial score (nSPS) is 14.0. The predicted molar refractivity (Wildman–Crippen MR) is 80.2 cm³/mol. The van der Waals surface area contributed by atoms with Gasteiger partial charge in [-0.3, -0.25) is 4.79 Å². The standard InChI is InChI=1S/C13H16N2O3S2/c1-8-10(11(17)14-6-13(2,18)7-16)20-12(15-8)9-3-4-19-5-9/h3-5,16,18H,6-7H2,1-2H3,(H,14,17). The van der Waals surface area contributed by atoms with Crippen molar-refractivity contribution in [2.45, 2.75) is 19.4 Å². The zero-order chi connectivity index (χ0) is 14.8. The molecule has 0 aliphatic rings. The minimum absolute atomic E-state index is 0.00649. The second-order valence-corrected chi connectivity index (χ2v) is 6.56. The van der Waals surface area contributed by atoms with Crippen molar-refractivity contribution in [3.63, 3.8) is 0 Å². The van der Waals surface area contributed by atoms with Crippen LogP contribution >= 0.6 is 22.7 Å². The molecule has 0 saturated heterocycles. The third kappa shape index (κ3) is 3.43. The molecular weight excluding hydrogens is 296 g/mol. The number of nitrogens with zero attached hydrogens (tertiary/aromatic N) is 1. The van der Waals surface area contributed by atoms with Gasteiger partial charge in [-0.05, 0) is 25.3 Å². The molecule has 1 unspecified atom stereocenters. The summed E-state index contributed by atoms with van der Waals surface area (Å²) in [6.45, 7) is 2.83. The molecule has 7 heteroatoms. The number of thiophene rings is 1. The van der Waals surface area contributed by atoms with E-state index in [1.165, 1.54) is 18.3 Å². The molecule has 2 aromatic rings. The molecule has 20 heavy (non-hydrogen) atoms. The van der Waals surface area contributed by atoms with Gasteiger partial charge in [0.15, 0.2) is 0 Å². The smallest absolute Gasteiger partial charge is 0.263 e. The quantitative estimate of drug-likeness (QED) is 0.784. The summed E-state index contributed by atoms with van der Waals surface area (Å²) >= 11 is 2.90. The molecule has 0 spiro atoms. The van der Waals surface area contributed by atoms with Crippen LogP contribution in [0, 0.1) is 6.92 Å². The van der Waals surface area contributed by atoms with Gasteiger partial charge in [-0.1, -0.05) is 0 Å². The van der Waals surface area contributed by atoms with Crippen molar-refractivity contribution < 1.29 is 15.0 Å². The van der Waals surface area contributed by atoms with Crippen LogP contribution in [0.3, 0.4) is 0 Å². The van der Waals surface area contributed by atoms with Crippen LogP contribution in [-0.4, -0.2) is 39.9 Å². The number of aromatic nitrogens is 1. The summed E-state index contributed by atoms with van der Waals surface area (Å²) in [4.78, 5) is 17.0. The van der Waals surface area contributed by atoms with Crippen molar-refractivity contribution in [1.29, 1.82) is 0 Å². The minimum atomic E-state index is -1.32. The maximum atomic E-state index is 12.1. The van der Waals surface area contributed by atoms with Crippen LogP contribution in [0.2, 0.25) is 0 Å². The molecule has 1 amide bonds. The maximum Gasteiger partial charge on any atom is 0.263 e. The van der Waals surface area contributed by atoms with Crippen LogP contribution in [0.5, 0.6) is 0 Å². The molecule has 1 atom stereocenters. The summed E-state index contributed by atoms with van der Waals surface area (Å²) in [6, 6.07) is 1.96. The molecule has 0 aliphatic carbocycles. The maximum absolute atomic E-state index is 12.1. The van der Waals surface area contributed by atoms with Crippen molar-refractivity contribution in [3.05, 3.63) is 27.4 Å². The molecule has 0 bridgehead atoms. The predicted octanol–water partition coefficient (Wildman–Crippen LogP) is 1.65. The molecule has 2 heterocycles. The van der Waals surface area contributed by atoms with Gasteiger partial charge in [-0.15, -0.1) is 11.3 Å². The van der Waals surface area contributed by atoms with Gasteiger partial charge in [0.1, 0.15) is 15.5 Å². The number of thiazole rings is 1. The van der Waals surface area contributed by atoms with Gasteiger partial charge in [0, 0.05) is 17.5 Å². The number of rotatable bonds is 5. The number of hydrogen-bond donors (Lipinski definition) is 3. The number of carbonyl (C=O) groups is 1. The van der Waals surface area contributed by atoms with E-state index >= 15 is 0 Å². The summed E-state index contributed by atoms with van der Waals surface area (Å²) in [5.74, 6) is -0.282. The number of carbonyl (C=O) groups excluding carboxylic acids is 1. The number of amides is 1. The molecule has 5 nitrogen and oxygen atoms in total. The highest BCUT2D eigenvalue weighted by Crippen LogP contribution is 2.29.